The van der Waals surface area contributed by atoms with Gasteiger partial charge in [0.1, 0.15) is 0 Å². The first-order chi connectivity index (χ1) is 9.74. The van der Waals surface area contributed by atoms with Crippen molar-refractivity contribution in [3.63, 3.8) is 0 Å². The fourth-order valence-corrected chi connectivity index (χ4v) is 2.59. The summed E-state index contributed by atoms with van der Waals surface area (Å²) in [5.74, 6) is 0.0811. The second kappa shape index (κ2) is 5.47. The lowest BCUT2D eigenvalue weighted by Gasteiger charge is -2.15. The van der Waals surface area contributed by atoms with E-state index in [-0.39, 0.29) is 11.9 Å². The Morgan fingerprint density at radius 3 is 2.25 bits per heavy atom. The number of hydrogen-bond acceptors (Lipinski definition) is 2. The number of carbonyl (C=O) groups is 1. The van der Waals surface area contributed by atoms with Crippen molar-refractivity contribution in [1.82, 2.24) is 4.90 Å². The summed E-state index contributed by atoms with van der Waals surface area (Å²) >= 11 is 0. The zero-order chi connectivity index (χ0) is 13.9. The number of likely N-dealkylation sites (tertiary alicyclic amines) is 1. The average molecular weight is 266 g/mol. The Kier molecular flexibility index (Phi) is 3.52. The second-order valence-electron chi connectivity index (χ2n) is 5.24. The van der Waals surface area contributed by atoms with E-state index in [0.29, 0.717) is 6.54 Å². The van der Waals surface area contributed by atoms with Crippen molar-refractivity contribution in [2.75, 3.05) is 13.1 Å². The summed E-state index contributed by atoms with van der Waals surface area (Å²) in [7, 11) is 0. The van der Waals surface area contributed by atoms with Crippen LogP contribution in [0.4, 0.5) is 0 Å². The van der Waals surface area contributed by atoms with Crippen LogP contribution in [0, 0.1) is 0 Å². The van der Waals surface area contributed by atoms with Crippen molar-refractivity contribution in [3.8, 4) is 11.1 Å². The van der Waals surface area contributed by atoms with Crippen LogP contribution in [0.15, 0.2) is 54.6 Å². The quantitative estimate of drug-likeness (QED) is 0.908. The van der Waals surface area contributed by atoms with Crippen LogP contribution in [0.5, 0.6) is 0 Å². The highest BCUT2D eigenvalue weighted by Gasteiger charge is 2.24. The van der Waals surface area contributed by atoms with Crippen molar-refractivity contribution in [2.45, 2.75) is 12.5 Å². The van der Waals surface area contributed by atoms with E-state index in [9.17, 15) is 4.79 Å². The van der Waals surface area contributed by atoms with Gasteiger partial charge in [0.05, 0.1) is 0 Å². The first-order valence-corrected chi connectivity index (χ1v) is 6.94. The standard InChI is InChI=1S/C17H18N2O/c18-16-10-11-19(12-16)17(20)15-8-6-14(7-9-15)13-4-2-1-3-5-13/h1-9,16H,10-12,18H2/t16-/m1/s1. The fraction of sp³-hybridized carbons (Fsp3) is 0.235. The summed E-state index contributed by atoms with van der Waals surface area (Å²) in [6.45, 7) is 1.43. The first-order valence-electron chi connectivity index (χ1n) is 6.94. The Bertz CT molecular complexity index is 592. The molecule has 3 nitrogen and oxygen atoms in total. The Labute approximate surface area is 119 Å². The number of amides is 1. The van der Waals surface area contributed by atoms with Crippen LogP contribution in [-0.4, -0.2) is 29.9 Å². The number of rotatable bonds is 2. The lowest BCUT2D eigenvalue weighted by atomic mass is 10.0. The van der Waals surface area contributed by atoms with Gasteiger partial charge >= 0.3 is 0 Å². The van der Waals surface area contributed by atoms with Gasteiger partial charge in [0.2, 0.25) is 0 Å². The predicted octanol–water partition coefficient (Wildman–Crippen LogP) is 2.53. The maximum Gasteiger partial charge on any atom is 0.253 e. The van der Waals surface area contributed by atoms with Crippen LogP contribution in [0.25, 0.3) is 11.1 Å². The topological polar surface area (TPSA) is 46.3 Å². The van der Waals surface area contributed by atoms with E-state index in [1.807, 2.05) is 47.4 Å². The van der Waals surface area contributed by atoms with Gasteiger partial charge < -0.3 is 10.6 Å². The van der Waals surface area contributed by atoms with Crippen LogP contribution < -0.4 is 5.73 Å². The largest absolute Gasteiger partial charge is 0.337 e. The van der Waals surface area contributed by atoms with Gasteiger partial charge in [0.15, 0.2) is 0 Å². The third kappa shape index (κ3) is 2.58. The molecular weight excluding hydrogens is 248 g/mol. The molecule has 2 aromatic rings. The summed E-state index contributed by atoms with van der Waals surface area (Å²) < 4.78 is 0. The zero-order valence-electron chi connectivity index (χ0n) is 11.3. The molecule has 20 heavy (non-hydrogen) atoms. The van der Waals surface area contributed by atoms with E-state index in [4.69, 9.17) is 5.73 Å². The molecule has 1 saturated heterocycles. The molecule has 1 heterocycles. The van der Waals surface area contributed by atoms with Crippen LogP contribution in [0.2, 0.25) is 0 Å². The van der Waals surface area contributed by atoms with E-state index in [1.54, 1.807) is 0 Å². The molecule has 0 saturated carbocycles. The van der Waals surface area contributed by atoms with Crippen molar-refractivity contribution in [1.29, 1.82) is 0 Å². The van der Waals surface area contributed by atoms with Crippen molar-refractivity contribution in [3.05, 3.63) is 60.2 Å². The summed E-state index contributed by atoms with van der Waals surface area (Å²) in [4.78, 5) is 14.1. The van der Waals surface area contributed by atoms with Crippen molar-refractivity contribution >= 4 is 5.91 Å². The lowest BCUT2D eigenvalue weighted by Crippen LogP contribution is -2.31. The molecule has 0 aliphatic carbocycles. The Morgan fingerprint density at radius 1 is 1.00 bits per heavy atom. The number of nitrogens with zero attached hydrogens (tertiary/aromatic N) is 1. The highest BCUT2D eigenvalue weighted by atomic mass is 16.2. The molecule has 102 valence electrons. The highest BCUT2D eigenvalue weighted by Crippen LogP contribution is 2.20. The molecule has 0 spiro atoms. The predicted molar refractivity (Wildman–Crippen MR) is 80.4 cm³/mol. The van der Waals surface area contributed by atoms with E-state index in [1.165, 1.54) is 0 Å². The molecule has 1 amide bonds. The molecule has 1 aliphatic rings. The van der Waals surface area contributed by atoms with E-state index in [0.717, 1.165) is 29.7 Å². The number of nitrogens with two attached hydrogens (primary N) is 1. The fourth-order valence-electron chi connectivity index (χ4n) is 2.59. The Hall–Kier alpha value is -2.13. The van der Waals surface area contributed by atoms with Crippen molar-refractivity contribution < 1.29 is 4.79 Å². The minimum absolute atomic E-state index is 0.0811. The number of carbonyl (C=O) groups excluding carboxylic acids is 1. The molecule has 1 aliphatic heterocycles. The van der Waals surface area contributed by atoms with Gasteiger partial charge in [-0.25, -0.2) is 0 Å². The Balaban J connectivity index is 1.78. The molecule has 3 heteroatoms. The van der Waals surface area contributed by atoms with Crippen LogP contribution in [-0.2, 0) is 0 Å². The number of hydrogen-bond donors (Lipinski definition) is 1. The van der Waals surface area contributed by atoms with Crippen LogP contribution >= 0.6 is 0 Å². The summed E-state index contributed by atoms with van der Waals surface area (Å²) in [5, 5.41) is 0. The average Bonchev–Trinajstić information content (AvgIpc) is 2.94. The molecule has 1 atom stereocenters. The summed E-state index contributed by atoms with van der Waals surface area (Å²) in [6, 6.07) is 18.1. The molecule has 1 fully saturated rings. The normalized spacial score (nSPS) is 18.2. The summed E-state index contributed by atoms with van der Waals surface area (Å²) in [5.41, 5.74) is 8.87. The first kappa shape index (κ1) is 12.9. The van der Waals surface area contributed by atoms with Gasteiger partial charge in [0, 0.05) is 24.7 Å². The molecule has 0 aromatic heterocycles. The molecule has 0 radical (unpaired) electrons. The van der Waals surface area contributed by atoms with Gasteiger partial charge in [-0.2, -0.15) is 0 Å². The third-order valence-corrected chi connectivity index (χ3v) is 3.75. The third-order valence-electron chi connectivity index (χ3n) is 3.75. The van der Waals surface area contributed by atoms with Gasteiger partial charge in [-0.05, 0) is 29.7 Å². The van der Waals surface area contributed by atoms with E-state index in [2.05, 4.69) is 12.1 Å². The van der Waals surface area contributed by atoms with Crippen molar-refractivity contribution in [2.24, 2.45) is 5.73 Å². The summed E-state index contributed by atoms with van der Waals surface area (Å²) in [6.07, 6.45) is 0.897. The van der Waals surface area contributed by atoms with E-state index >= 15 is 0 Å². The van der Waals surface area contributed by atoms with Gasteiger partial charge in [0.25, 0.3) is 5.91 Å². The SMILES string of the molecule is N[C@@H]1CCN(C(=O)c2ccc(-c3ccccc3)cc2)C1. The minimum Gasteiger partial charge on any atom is -0.337 e. The minimum atomic E-state index is 0.0811. The molecule has 2 aromatic carbocycles. The van der Waals surface area contributed by atoms with Gasteiger partial charge in [-0.15, -0.1) is 0 Å². The molecule has 0 bridgehead atoms. The lowest BCUT2D eigenvalue weighted by molar-refractivity contribution is 0.0791. The molecule has 2 N–H and O–H groups in total. The van der Waals surface area contributed by atoms with Crippen LogP contribution in [0.1, 0.15) is 16.8 Å². The zero-order valence-corrected chi connectivity index (χ0v) is 11.3. The van der Waals surface area contributed by atoms with Gasteiger partial charge in [-0.1, -0.05) is 42.5 Å². The Morgan fingerprint density at radius 2 is 1.65 bits per heavy atom. The van der Waals surface area contributed by atoms with Crippen LogP contribution in [0.3, 0.4) is 0 Å². The maximum absolute atomic E-state index is 12.3. The highest BCUT2D eigenvalue weighted by molar-refractivity contribution is 5.95. The molecule has 0 unspecified atom stereocenters. The molecular formula is C17H18N2O. The van der Waals surface area contributed by atoms with E-state index < -0.39 is 0 Å². The maximum atomic E-state index is 12.3. The smallest absolute Gasteiger partial charge is 0.253 e. The number of benzene rings is 2. The monoisotopic (exact) mass is 266 g/mol. The molecule has 3 rings (SSSR count). The second-order valence-corrected chi connectivity index (χ2v) is 5.24. The van der Waals surface area contributed by atoms with Gasteiger partial charge in [-0.3, -0.25) is 4.79 Å².